The molecule has 0 radical (unpaired) electrons. The summed E-state index contributed by atoms with van der Waals surface area (Å²) >= 11 is 0. The van der Waals surface area contributed by atoms with Crippen LogP contribution in [0.5, 0.6) is 0 Å². The minimum absolute atomic E-state index is 0.0284. The van der Waals surface area contributed by atoms with Crippen molar-refractivity contribution in [2.45, 2.75) is 66.4 Å². The number of allylic oxidation sites excluding steroid dienone is 7. The molecule has 0 heterocycles. The van der Waals surface area contributed by atoms with Crippen molar-refractivity contribution in [1.82, 2.24) is 0 Å². The second-order valence-corrected chi connectivity index (χ2v) is 7.66. The van der Waals surface area contributed by atoms with Gasteiger partial charge in [0.05, 0.1) is 7.11 Å². The molecular weight excluding hydrogens is 340 g/mol. The number of carbonyl (C=O) groups is 1. The molecule has 1 aliphatic rings. The number of rotatable bonds is 9. The van der Waals surface area contributed by atoms with Crippen molar-refractivity contribution in [3.05, 3.63) is 47.0 Å². The maximum Gasteiger partial charge on any atom is 0.204 e. The number of carbonyl (C=O) groups excluding carboxylic acids is 1. The maximum absolute atomic E-state index is 12.4. The largest absolute Gasteiger partial charge is 0.506 e. The maximum atomic E-state index is 12.4. The molecule has 0 amide bonds. The van der Waals surface area contributed by atoms with Crippen LogP contribution in [0.3, 0.4) is 0 Å². The molecule has 4 atom stereocenters. The summed E-state index contributed by atoms with van der Waals surface area (Å²) in [5.41, 5.74) is 2.63. The molecule has 1 rings (SSSR count). The van der Waals surface area contributed by atoms with Crippen LogP contribution >= 0.6 is 0 Å². The lowest BCUT2D eigenvalue weighted by Crippen LogP contribution is -2.42. The Morgan fingerprint density at radius 1 is 1.22 bits per heavy atom. The van der Waals surface area contributed by atoms with Gasteiger partial charge in [-0.25, -0.2) is 0 Å². The van der Waals surface area contributed by atoms with Crippen molar-refractivity contribution >= 4 is 5.78 Å². The van der Waals surface area contributed by atoms with E-state index in [9.17, 15) is 15.0 Å². The van der Waals surface area contributed by atoms with Gasteiger partial charge >= 0.3 is 0 Å². The van der Waals surface area contributed by atoms with Gasteiger partial charge in [-0.3, -0.25) is 4.79 Å². The molecule has 2 N–H and O–H groups in total. The van der Waals surface area contributed by atoms with Gasteiger partial charge in [0.1, 0.15) is 6.10 Å². The Balaban J connectivity index is 2.73. The number of ketones is 1. The van der Waals surface area contributed by atoms with Crippen LogP contribution in [-0.2, 0) is 9.53 Å². The fourth-order valence-corrected chi connectivity index (χ4v) is 3.82. The molecule has 0 spiro atoms. The first-order chi connectivity index (χ1) is 12.7. The lowest BCUT2D eigenvalue weighted by molar-refractivity contribution is -0.129. The Bertz CT molecular complexity index is 624. The lowest BCUT2D eigenvalue weighted by atomic mass is 9.72. The van der Waals surface area contributed by atoms with E-state index in [-0.39, 0.29) is 29.1 Å². The summed E-state index contributed by atoms with van der Waals surface area (Å²) in [7, 11) is 1.34. The topological polar surface area (TPSA) is 66.8 Å². The molecule has 27 heavy (non-hydrogen) atoms. The van der Waals surface area contributed by atoms with Crippen LogP contribution in [0.25, 0.3) is 0 Å². The van der Waals surface area contributed by atoms with Crippen LogP contribution < -0.4 is 0 Å². The van der Waals surface area contributed by atoms with E-state index in [2.05, 4.69) is 38.2 Å². The minimum Gasteiger partial charge on any atom is -0.506 e. The predicted octanol–water partition coefficient (Wildman–Crippen LogP) is 5.26. The molecule has 0 aliphatic heterocycles. The fraction of sp³-hybridized carbons (Fsp3) is 0.609. The molecule has 0 fully saturated rings. The Labute approximate surface area is 164 Å². The number of Topliss-reactive ketones (excluding diaryl/α,β-unsaturated/α-hetero) is 1. The molecule has 4 unspecified atom stereocenters. The SMILES string of the molecule is CC=CCCC(C)=CCCC(C)=CC(C)C1C(C)C(=O)C(OC)=C(O)C1O. The third-order valence-electron chi connectivity index (χ3n) is 5.42. The zero-order chi connectivity index (χ0) is 20.6. The van der Waals surface area contributed by atoms with Crippen molar-refractivity contribution in [2.24, 2.45) is 17.8 Å². The van der Waals surface area contributed by atoms with E-state index in [1.165, 1.54) is 18.3 Å². The average Bonchev–Trinajstić information content (AvgIpc) is 2.61. The van der Waals surface area contributed by atoms with Gasteiger partial charge in [-0.2, -0.15) is 0 Å². The third-order valence-corrected chi connectivity index (χ3v) is 5.42. The van der Waals surface area contributed by atoms with Crippen molar-refractivity contribution in [1.29, 1.82) is 0 Å². The lowest BCUT2D eigenvalue weighted by Gasteiger charge is -2.35. The highest BCUT2D eigenvalue weighted by molar-refractivity contribution is 5.97. The van der Waals surface area contributed by atoms with E-state index in [0.29, 0.717) is 0 Å². The quantitative estimate of drug-likeness (QED) is 0.538. The summed E-state index contributed by atoms with van der Waals surface area (Å²) in [6.45, 7) is 10.1. The summed E-state index contributed by atoms with van der Waals surface area (Å²) in [5.74, 6) is -1.49. The number of methoxy groups -OCH3 is 1. The molecule has 0 aromatic carbocycles. The number of aliphatic hydroxyl groups excluding tert-OH is 2. The van der Waals surface area contributed by atoms with Crippen LogP contribution in [-0.4, -0.2) is 29.2 Å². The highest BCUT2D eigenvalue weighted by atomic mass is 16.5. The monoisotopic (exact) mass is 376 g/mol. The number of hydrogen-bond donors (Lipinski definition) is 2. The van der Waals surface area contributed by atoms with Crippen molar-refractivity contribution < 1.29 is 19.7 Å². The Morgan fingerprint density at radius 2 is 1.85 bits per heavy atom. The van der Waals surface area contributed by atoms with Gasteiger partial charge in [0.2, 0.25) is 11.5 Å². The normalized spacial score (nSPS) is 26.0. The molecule has 4 heteroatoms. The van der Waals surface area contributed by atoms with Crippen molar-refractivity contribution in [2.75, 3.05) is 7.11 Å². The van der Waals surface area contributed by atoms with Crippen LogP contribution in [0.1, 0.15) is 60.3 Å². The first-order valence-corrected chi connectivity index (χ1v) is 9.88. The second-order valence-electron chi connectivity index (χ2n) is 7.66. The number of aliphatic hydroxyl groups is 2. The summed E-state index contributed by atoms with van der Waals surface area (Å²) in [5, 5.41) is 20.6. The highest BCUT2D eigenvalue weighted by Gasteiger charge is 2.43. The fourth-order valence-electron chi connectivity index (χ4n) is 3.82. The van der Waals surface area contributed by atoms with E-state index >= 15 is 0 Å². The van der Waals surface area contributed by atoms with Crippen molar-refractivity contribution in [3.8, 4) is 0 Å². The van der Waals surface area contributed by atoms with Gasteiger partial charge in [0, 0.05) is 11.8 Å². The van der Waals surface area contributed by atoms with Crippen LogP contribution in [0.15, 0.2) is 47.0 Å². The first-order valence-electron chi connectivity index (χ1n) is 9.88. The highest BCUT2D eigenvalue weighted by Crippen LogP contribution is 2.37. The third kappa shape index (κ3) is 6.39. The molecule has 0 bridgehead atoms. The van der Waals surface area contributed by atoms with Gasteiger partial charge in [-0.05, 0) is 52.4 Å². The van der Waals surface area contributed by atoms with Gasteiger partial charge in [-0.15, -0.1) is 0 Å². The zero-order valence-electron chi connectivity index (χ0n) is 17.7. The number of ether oxygens (including phenoxy) is 1. The molecule has 0 saturated carbocycles. The van der Waals surface area contributed by atoms with E-state index in [4.69, 9.17) is 4.74 Å². The van der Waals surface area contributed by atoms with Crippen LogP contribution in [0, 0.1) is 17.8 Å². The molecular formula is C23H36O4. The van der Waals surface area contributed by atoms with Crippen LogP contribution in [0.2, 0.25) is 0 Å². The first kappa shape index (κ1) is 23.2. The average molecular weight is 377 g/mol. The molecule has 0 aromatic rings. The molecule has 0 saturated heterocycles. The summed E-state index contributed by atoms with van der Waals surface area (Å²) in [6, 6.07) is 0. The Hall–Kier alpha value is -1.81. The molecule has 1 aliphatic carbocycles. The number of hydrogen-bond acceptors (Lipinski definition) is 4. The Morgan fingerprint density at radius 3 is 2.44 bits per heavy atom. The van der Waals surface area contributed by atoms with E-state index in [0.717, 1.165) is 25.7 Å². The standard InChI is InChI=1S/C23H36O4/c1-7-8-9-11-15(2)12-10-13-16(3)14-17(4)19-18(5)20(24)23(27-6)22(26)21(19)25/h7-8,12,14,17-19,21,25-26H,9-11,13H2,1-6H3. The van der Waals surface area contributed by atoms with Gasteiger partial charge in [-0.1, -0.05) is 49.3 Å². The summed E-state index contributed by atoms with van der Waals surface area (Å²) in [4.78, 5) is 12.4. The molecule has 152 valence electrons. The van der Waals surface area contributed by atoms with Crippen LogP contribution in [0.4, 0.5) is 0 Å². The van der Waals surface area contributed by atoms with Gasteiger partial charge in [0.15, 0.2) is 5.76 Å². The Kier molecular flexibility index (Phi) is 9.57. The second kappa shape index (κ2) is 11.1. The smallest absolute Gasteiger partial charge is 0.204 e. The predicted molar refractivity (Wildman–Crippen MR) is 110 cm³/mol. The summed E-state index contributed by atoms with van der Waals surface area (Å²) in [6.07, 6.45) is 11.7. The van der Waals surface area contributed by atoms with Gasteiger partial charge in [0.25, 0.3) is 0 Å². The summed E-state index contributed by atoms with van der Waals surface area (Å²) < 4.78 is 4.97. The molecule has 4 nitrogen and oxygen atoms in total. The molecule has 0 aromatic heterocycles. The van der Waals surface area contributed by atoms with E-state index < -0.39 is 12.0 Å². The minimum atomic E-state index is -1.08. The van der Waals surface area contributed by atoms with E-state index in [1.54, 1.807) is 6.92 Å². The van der Waals surface area contributed by atoms with E-state index in [1.807, 2.05) is 13.8 Å². The van der Waals surface area contributed by atoms with Gasteiger partial charge < -0.3 is 14.9 Å². The van der Waals surface area contributed by atoms with Crippen molar-refractivity contribution in [3.63, 3.8) is 0 Å². The zero-order valence-corrected chi connectivity index (χ0v) is 17.7.